The quantitative estimate of drug-likeness (QED) is 0.563. The third kappa shape index (κ3) is 3.67. The molecule has 5 nitrogen and oxygen atoms in total. The first-order valence-electron chi connectivity index (χ1n) is 7.07. The van der Waals surface area contributed by atoms with E-state index >= 15 is 0 Å². The fourth-order valence-corrected chi connectivity index (χ4v) is 3.68. The van der Waals surface area contributed by atoms with E-state index in [-0.39, 0.29) is 40.9 Å². The molecule has 0 aromatic heterocycles. The van der Waals surface area contributed by atoms with E-state index in [0.29, 0.717) is 0 Å². The van der Waals surface area contributed by atoms with Crippen LogP contribution in [-0.2, 0) is 14.8 Å². The van der Waals surface area contributed by atoms with Crippen LogP contribution in [0.15, 0.2) is 18.2 Å². The molecule has 0 aliphatic heterocycles. The van der Waals surface area contributed by atoms with Crippen molar-refractivity contribution in [3.63, 3.8) is 0 Å². The van der Waals surface area contributed by atoms with E-state index in [1.165, 1.54) is 12.1 Å². The van der Waals surface area contributed by atoms with Crippen LogP contribution in [0.25, 0.3) is 0 Å². The van der Waals surface area contributed by atoms with Crippen molar-refractivity contribution in [1.82, 2.24) is 0 Å². The lowest BCUT2D eigenvalue weighted by atomic mass is 10.0. The van der Waals surface area contributed by atoms with Gasteiger partial charge in [0.05, 0.1) is 23.4 Å². The summed E-state index contributed by atoms with van der Waals surface area (Å²) in [6.07, 6.45) is 2.51. The molecule has 0 radical (unpaired) electrons. The third-order valence-electron chi connectivity index (χ3n) is 3.59. The minimum Gasteiger partial charge on any atom is -0.299 e. The van der Waals surface area contributed by atoms with E-state index in [1.54, 1.807) is 13.0 Å². The van der Waals surface area contributed by atoms with Crippen LogP contribution in [0.4, 0.5) is 5.69 Å². The first-order valence-corrected chi connectivity index (χ1v) is 9.30. The predicted molar refractivity (Wildman–Crippen MR) is 86.0 cm³/mol. The van der Waals surface area contributed by atoms with Crippen molar-refractivity contribution in [3.8, 4) is 0 Å². The number of benzene rings is 1. The molecular weight excluding hydrogens is 326 g/mol. The van der Waals surface area contributed by atoms with Crippen molar-refractivity contribution in [3.05, 3.63) is 28.8 Å². The molecule has 0 spiro atoms. The molecule has 0 bridgehead atoms. The Hall–Kier alpha value is -1.40. The molecule has 22 heavy (non-hydrogen) atoms. The van der Waals surface area contributed by atoms with E-state index in [4.69, 9.17) is 11.6 Å². The molecule has 0 amide bonds. The van der Waals surface area contributed by atoms with E-state index in [0.717, 1.165) is 23.4 Å². The summed E-state index contributed by atoms with van der Waals surface area (Å²) in [4.78, 5) is 24.2. The van der Waals surface area contributed by atoms with Crippen LogP contribution in [-0.4, -0.2) is 32.8 Å². The number of rotatable bonds is 7. The summed E-state index contributed by atoms with van der Waals surface area (Å²) in [6, 6.07) is 4.62. The number of sulfonamides is 1. The van der Waals surface area contributed by atoms with Crippen LogP contribution >= 0.6 is 11.6 Å². The molecule has 0 saturated heterocycles. The Morgan fingerprint density at radius 3 is 2.45 bits per heavy atom. The zero-order valence-corrected chi connectivity index (χ0v) is 14.1. The van der Waals surface area contributed by atoms with E-state index in [1.807, 2.05) is 0 Å². The SMILES string of the molecule is CCN(c1c(Cl)cccc1C(=O)CC(=O)C1CC1)S(C)(=O)=O. The van der Waals surface area contributed by atoms with Gasteiger partial charge < -0.3 is 0 Å². The molecular formula is C15H18ClNO4S. The van der Waals surface area contributed by atoms with Gasteiger partial charge in [0.1, 0.15) is 5.78 Å². The highest BCUT2D eigenvalue weighted by molar-refractivity contribution is 7.92. The van der Waals surface area contributed by atoms with E-state index in [9.17, 15) is 18.0 Å². The molecule has 0 atom stereocenters. The van der Waals surface area contributed by atoms with Gasteiger partial charge in [0.15, 0.2) is 5.78 Å². The standard InChI is InChI=1S/C15H18ClNO4S/c1-3-17(22(2,20)21)15-11(5-4-6-12(15)16)14(19)9-13(18)10-7-8-10/h4-6,10H,3,7-9H2,1-2H3. The van der Waals surface area contributed by atoms with E-state index < -0.39 is 15.8 Å². The summed E-state index contributed by atoms with van der Waals surface area (Å²) in [5.41, 5.74) is 0.330. The maximum Gasteiger partial charge on any atom is 0.232 e. The molecule has 1 aliphatic rings. The van der Waals surface area contributed by atoms with Crippen molar-refractivity contribution in [2.75, 3.05) is 17.1 Å². The van der Waals surface area contributed by atoms with Crippen molar-refractivity contribution >= 4 is 38.9 Å². The van der Waals surface area contributed by atoms with Crippen LogP contribution in [0.3, 0.4) is 0 Å². The molecule has 0 N–H and O–H groups in total. The van der Waals surface area contributed by atoms with Crippen molar-refractivity contribution in [2.24, 2.45) is 5.92 Å². The lowest BCUT2D eigenvalue weighted by molar-refractivity contribution is -0.119. The lowest BCUT2D eigenvalue weighted by Crippen LogP contribution is -2.31. The predicted octanol–water partition coefficient (Wildman–Crippen LogP) is 2.68. The number of Topliss-reactive ketones (excluding diaryl/α,β-unsaturated/α-hetero) is 2. The van der Waals surface area contributed by atoms with Gasteiger partial charge in [-0.1, -0.05) is 17.7 Å². The van der Waals surface area contributed by atoms with Gasteiger partial charge in [-0.15, -0.1) is 0 Å². The first kappa shape index (κ1) is 17.0. The fourth-order valence-electron chi connectivity index (χ4n) is 2.36. The number of halogens is 1. The Morgan fingerprint density at radius 1 is 1.32 bits per heavy atom. The van der Waals surface area contributed by atoms with Crippen molar-refractivity contribution < 1.29 is 18.0 Å². The van der Waals surface area contributed by atoms with Gasteiger partial charge >= 0.3 is 0 Å². The molecule has 0 unspecified atom stereocenters. The van der Waals surface area contributed by atoms with Gasteiger partial charge in [0, 0.05) is 18.0 Å². The first-order chi connectivity index (χ1) is 10.3. The summed E-state index contributed by atoms with van der Waals surface area (Å²) >= 11 is 6.12. The van der Waals surface area contributed by atoms with Gasteiger partial charge in [0.2, 0.25) is 10.0 Å². The smallest absolute Gasteiger partial charge is 0.232 e. The van der Waals surface area contributed by atoms with Gasteiger partial charge in [-0.2, -0.15) is 0 Å². The third-order valence-corrected chi connectivity index (χ3v) is 5.14. The van der Waals surface area contributed by atoms with Gasteiger partial charge in [-0.3, -0.25) is 13.9 Å². The highest BCUT2D eigenvalue weighted by Crippen LogP contribution is 2.34. The van der Waals surface area contributed by atoms with Crippen LogP contribution in [0, 0.1) is 5.92 Å². The van der Waals surface area contributed by atoms with Crippen LogP contribution in [0.2, 0.25) is 5.02 Å². The van der Waals surface area contributed by atoms with Crippen molar-refractivity contribution in [1.29, 1.82) is 0 Å². The Bertz CT molecular complexity index is 710. The van der Waals surface area contributed by atoms with Gasteiger partial charge in [0.25, 0.3) is 0 Å². The molecule has 120 valence electrons. The Balaban J connectivity index is 2.41. The van der Waals surface area contributed by atoms with Crippen LogP contribution < -0.4 is 4.31 Å². The maximum atomic E-state index is 12.4. The second-order valence-corrected chi connectivity index (χ2v) is 7.72. The molecule has 0 heterocycles. The second kappa shape index (κ2) is 6.38. The van der Waals surface area contributed by atoms with Crippen LogP contribution in [0.5, 0.6) is 0 Å². The summed E-state index contributed by atoms with van der Waals surface area (Å²) < 4.78 is 24.9. The van der Waals surface area contributed by atoms with E-state index in [2.05, 4.69) is 0 Å². The number of ketones is 2. The minimum absolute atomic E-state index is 0.0104. The second-order valence-electron chi connectivity index (χ2n) is 5.40. The number of para-hydroxylation sites is 1. The number of anilines is 1. The van der Waals surface area contributed by atoms with Crippen LogP contribution in [0.1, 0.15) is 36.5 Å². The summed E-state index contributed by atoms with van der Waals surface area (Å²) in [7, 11) is -3.57. The topological polar surface area (TPSA) is 71.5 Å². The average molecular weight is 344 g/mol. The molecule has 1 aliphatic carbocycles. The van der Waals surface area contributed by atoms with Gasteiger partial charge in [-0.05, 0) is 31.9 Å². The number of hydrogen-bond donors (Lipinski definition) is 0. The molecule has 1 aromatic rings. The zero-order chi connectivity index (χ0) is 16.5. The Kier molecular flexibility index (Phi) is 4.92. The molecule has 1 fully saturated rings. The molecule has 7 heteroatoms. The number of hydrogen-bond acceptors (Lipinski definition) is 4. The summed E-state index contributed by atoms with van der Waals surface area (Å²) in [6.45, 7) is 1.81. The highest BCUT2D eigenvalue weighted by Gasteiger charge is 2.32. The largest absolute Gasteiger partial charge is 0.299 e. The Labute approximate surface area is 135 Å². The van der Waals surface area contributed by atoms with Gasteiger partial charge in [-0.25, -0.2) is 8.42 Å². The number of nitrogens with zero attached hydrogens (tertiary/aromatic N) is 1. The summed E-state index contributed by atoms with van der Waals surface area (Å²) in [5.74, 6) is -0.487. The summed E-state index contributed by atoms with van der Waals surface area (Å²) in [5, 5.41) is 0.178. The number of carbonyl (C=O) groups is 2. The zero-order valence-electron chi connectivity index (χ0n) is 12.5. The average Bonchev–Trinajstić information content (AvgIpc) is 3.24. The molecule has 1 saturated carbocycles. The monoisotopic (exact) mass is 343 g/mol. The fraction of sp³-hybridized carbons (Fsp3) is 0.467. The number of carbonyl (C=O) groups excluding carboxylic acids is 2. The Morgan fingerprint density at radius 2 is 1.95 bits per heavy atom. The minimum atomic E-state index is -3.57. The van der Waals surface area contributed by atoms with Crippen molar-refractivity contribution in [2.45, 2.75) is 26.2 Å². The highest BCUT2D eigenvalue weighted by atomic mass is 35.5. The lowest BCUT2D eigenvalue weighted by Gasteiger charge is -2.24. The normalized spacial score (nSPS) is 14.7. The molecule has 2 rings (SSSR count). The maximum absolute atomic E-state index is 12.4. The molecule has 1 aromatic carbocycles.